The third-order valence-electron chi connectivity index (χ3n) is 4.06. The molecule has 0 fully saturated rings. The van der Waals surface area contributed by atoms with Crippen LogP contribution in [0.2, 0.25) is 0 Å². The van der Waals surface area contributed by atoms with Crippen molar-refractivity contribution in [2.75, 3.05) is 12.3 Å². The van der Waals surface area contributed by atoms with Crippen LogP contribution in [-0.4, -0.2) is 17.3 Å². The van der Waals surface area contributed by atoms with Gasteiger partial charge in [0.15, 0.2) is 0 Å². The first-order valence-electron chi connectivity index (χ1n) is 7.92. The standard InChI is InChI=1S/C17H27N5/c1-4-5-6-7-8-22-11(2)14-9-13(18)10-15(17(19)20)16(14)21-12(22)3/h9-10,17H,2,4-8,18-20H2,1,3H3. The van der Waals surface area contributed by atoms with Crippen LogP contribution in [0.5, 0.6) is 0 Å². The second-order valence-corrected chi connectivity index (χ2v) is 5.85. The van der Waals surface area contributed by atoms with Crippen molar-refractivity contribution < 1.29 is 0 Å². The van der Waals surface area contributed by atoms with E-state index in [1.165, 1.54) is 19.3 Å². The van der Waals surface area contributed by atoms with Crippen molar-refractivity contribution in [1.29, 1.82) is 0 Å². The number of unbranched alkanes of at least 4 members (excludes halogenated alkanes) is 3. The molecule has 0 atom stereocenters. The molecule has 6 N–H and O–H groups in total. The molecule has 5 nitrogen and oxygen atoms in total. The zero-order valence-corrected chi connectivity index (χ0v) is 13.6. The molecule has 1 aromatic rings. The van der Waals surface area contributed by atoms with Crippen molar-refractivity contribution in [3.8, 4) is 0 Å². The number of rotatable bonds is 6. The van der Waals surface area contributed by atoms with Gasteiger partial charge in [-0.2, -0.15) is 0 Å². The molecule has 1 heterocycles. The van der Waals surface area contributed by atoms with Gasteiger partial charge in [0.2, 0.25) is 0 Å². The first-order chi connectivity index (χ1) is 10.5. The smallest absolute Gasteiger partial charge is 0.106 e. The number of nitrogens with zero attached hydrogens (tertiary/aromatic N) is 2. The van der Waals surface area contributed by atoms with Crippen LogP contribution in [0.15, 0.2) is 23.7 Å². The van der Waals surface area contributed by atoms with Gasteiger partial charge in [0, 0.05) is 29.1 Å². The fourth-order valence-electron chi connectivity index (χ4n) is 2.84. The van der Waals surface area contributed by atoms with Crippen molar-refractivity contribution in [3.05, 3.63) is 29.8 Å². The van der Waals surface area contributed by atoms with Crippen LogP contribution in [0.1, 0.15) is 56.8 Å². The van der Waals surface area contributed by atoms with E-state index in [2.05, 4.69) is 18.4 Å². The largest absolute Gasteiger partial charge is 0.399 e. The fourth-order valence-corrected chi connectivity index (χ4v) is 2.84. The van der Waals surface area contributed by atoms with E-state index in [1.54, 1.807) is 6.07 Å². The molecular formula is C17H27N5. The van der Waals surface area contributed by atoms with Gasteiger partial charge in [-0.3, -0.25) is 0 Å². The molecule has 0 unspecified atom stereocenters. The maximum Gasteiger partial charge on any atom is 0.106 e. The summed E-state index contributed by atoms with van der Waals surface area (Å²) in [4.78, 5) is 6.86. The van der Waals surface area contributed by atoms with E-state index >= 15 is 0 Å². The zero-order valence-electron chi connectivity index (χ0n) is 13.6. The summed E-state index contributed by atoms with van der Waals surface area (Å²) in [6.45, 7) is 9.37. The molecule has 2 rings (SSSR count). The molecule has 22 heavy (non-hydrogen) atoms. The molecule has 0 bridgehead atoms. The second-order valence-electron chi connectivity index (χ2n) is 5.85. The summed E-state index contributed by atoms with van der Waals surface area (Å²) in [6, 6.07) is 3.70. The number of fused-ring (bicyclic) bond motifs is 1. The summed E-state index contributed by atoms with van der Waals surface area (Å²) >= 11 is 0. The third kappa shape index (κ3) is 3.31. The fraction of sp³-hybridized carbons (Fsp3) is 0.471. The molecule has 1 aliphatic rings. The number of nitrogens with two attached hydrogens (primary N) is 3. The molecule has 120 valence electrons. The van der Waals surface area contributed by atoms with Gasteiger partial charge in [0.05, 0.1) is 11.9 Å². The minimum atomic E-state index is -0.599. The maximum absolute atomic E-state index is 5.98. The summed E-state index contributed by atoms with van der Waals surface area (Å²) in [5.74, 6) is 0.931. The second kappa shape index (κ2) is 6.94. The Hall–Kier alpha value is -1.85. The molecule has 0 saturated carbocycles. The van der Waals surface area contributed by atoms with Crippen molar-refractivity contribution in [2.45, 2.75) is 45.7 Å². The molecule has 0 aliphatic carbocycles. The van der Waals surface area contributed by atoms with Gasteiger partial charge in [-0.1, -0.05) is 32.8 Å². The number of hydrogen-bond acceptors (Lipinski definition) is 5. The number of amidine groups is 1. The molecule has 0 aromatic heterocycles. The number of benzene rings is 1. The van der Waals surface area contributed by atoms with E-state index in [0.29, 0.717) is 5.69 Å². The van der Waals surface area contributed by atoms with E-state index < -0.39 is 6.17 Å². The Morgan fingerprint density at radius 3 is 2.59 bits per heavy atom. The Morgan fingerprint density at radius 1 is 1.23 bits per heavy atom. The lowest BCUT2D eigenvalue weighted by Crippen LogP contribution is -2.31. The normalized spacial score (nSPS) is 14.3. The van der Waals surface area contributed by atoms with Gasteiger partial charge in [-0.25, -0.2) is 4.99 Å². The topological polar surface area (TPSA) is 93.7 Å². The van der Waals surface area contributed by atoms with Gasteiger partial charge in [-0.05, 0) is 25.5 Å². The van der Waals surface area contributed by atoms with Crippen LogP contribution in [0, 0.1) is 0 Å². The van der Waals surface area contributed by atoms with Crippen LogP contribution in [0.25, 0.3) is 5.70 Å². The van der Waals surface area contributed by atoms with E-state index in [0.717, 1.165) is 41.3 Å². The molecule has 1 aromatic carbocycles. The molecule has 0 amide bonds. The molecule has 1 aliphatic heterocycles. The van der Waals surface area contributed by atoms with Crippen molar-refractivity contribution >= 4 is 22.9 Å². The highest BCUT2D eigenvalue weighted by atomic mass is 15.2. The molecule has 0 spiro atoms. The third-order valence-corrected chi connectivity index (χ3v) is 4.06. The Labute approximate surface area is 132 Å². The Kier molecular flexibility index (Phi) is 5.21. The molecule has 5 heteroatoms. The summed E-state index contributed by atoms with van der Waals surface area (Å²) < 4.78 is 0. The number of hydrogen-bond donors (Lipinski definition) is 3. The number of aliphatic imine (C=N–C) groups is 1. The van der Waals surface area contributed by atoms with Gasteiger partial charge >= 0.3 is 0 Å². The number of nitrogen functional groups attached to an aromatic ring is 1. The minimum Gasteiger partial charge on any atom is -0.399 e. The van der Waals surface area contributed by atoms with Gasteiger partial charge in [0.1, 0.15) is 5.84 Å². The Morgan fingerprint density at radius 2 is 1.95 bits per heavy atom. The quantitative estimate of drug-likeness (QED) is 0.427. The van der Waals surface area contributed by atoms with Gasteiger partial charge in [-0.15, -0.1) is 0 Å². The highest BCUT2D eigenvalue weighted by Gasteiger charge is 2.24. The van der Waals surface area contributed by atoms with Crippen LogP contribution in [-0.2, 0) is 0 Å². The van der Waals surface area contributed by atoms with Crippen molar-refractivity contribution in [2.24, 2.45) is 16.5 Å². The van der Waals surface area contributed by atoms with E-state index in [9.17, 15) is 0 Å². The summed E-state index contributed by atoms with van der Waals surface area (Å²) in [7, 11) is 0. The Balaban J connectivity index is 2.30. The van der Waals surface area contributed by atoms with Gasteiger partial charge < -0.3 is 22.1 Å². The predicted molar refractivity (Wildman–Crippen MR) is 94.6 cm³/mol. The lowest BCUT2D eigenvalue weighted by molar-refractivity contribution is 0.520. The Bertz CT molecular complexity index is 589. The lowest BCUT2D eigenvalue weighted by atomic mass is 9.99. The highest BCUT2D eigenvalue weighted by molar-refractivity contribution is 5.97. The predicted octanol–water partition coefficient (Wildman–Crippen LogP) is 3.10. The first kappa shape index (κ1) is 16.5. The monoisotopic (exact) mass is 301 g/mol. The van der Waals surface area contributed by atoms with E-state index in [-0.39, 0.29) is 0 Å². The zero-order chi connectivity index (χ0) is 16.3. The van der Waals surface area contributed by atoms with Crippen LogP contribution in [0.3, 0.4) is 0 Å². The lowest BCUT2D eigenvalue weighted by Gasteiger charge is -2.32. The van der Waals surface area contributed by atoms with Crippen LogP contribution >= 0.6 is 0 Å². The van der Waals surface area contributed by atoms with Crippen LogP contribution < -0.4 is 17.2 Å². The maximum atomic E-state index is 5.98. The first-order valence-corrected chi connectivity index (χ1v) is 7.92. The average Bonchev–Trinajstić information content (AvgIpc) is 2.46. The van der Waals surface area contributed by atoms with Crippen molar-refractivity contribution in [1.82, 2.24) is 4.90 Å². The highest BCUT2D eigenvalue weighted by Crippen LogP contribution is 2.39. The number of anilines is 1. The van der Waals surface area contributed by atoms with Gasteiger partial charge in [0.25, 0.3) is 0 Å². The van der Waals surface area contributed by atoms with Crippen LogP contribution in [0.4, 0.5) is 11.4 Å². The molecule has 0 radical (unpaired) electrons. The van der Waals surface area contributed by atoms with E-state index in [4.69, 9.17) is 22.2 Å². The summed E-state index contributed by atoms with van der Waals surface area (Å²) in [5, 5.41) is 0. The SMILES string of the molecule is C=C1c2cc(N)cc(C(N)N)c2N=C(C)N1CCCCCC. The summed E-state index contributed by atoms with van der Waals surface area (Å²) in [5.41, 5.74) is 21.7. The molecular weight excluding hydrogens is 274 g/mol. The average molecular weight is 301 g/mol. The molecule has 0 saturated heterocycles. The minimum absolute atomic E-state index is 0.599. The van der Waals surface area contributed by atoms with Crippen molar-refractivity contribution in [3.63, 3.8) is 0 Å². The van der Waals surface area contributed by atoms with E-state index in [1.807, 2.05) is 13.0 Å². The summed E-state index contributed by atoms with van der Waals surface area (Å²) in [6.07, 6.45) is 4.23.